The van der Waals surface area contributed by atoms with Crippen LogP contribution in [0.2, 0.25) is 0 Å². The lowest BCUT2D eigenvalue weighted by Gasteiger charge is -2.18. The van der Waals surface area contributed by atoms with Gasteiger partial charge < -0.3 is 4.90 Å². The Balaban J connectivity index is 2.83. The number of nitrogens with zero attached hydrogens (tertiary/aromatic N) is 2. The molecule has 0 unspecified atom stereocenters. The van der Waals surface area contributed by atoms with E-state index in [1.165, 1.54) is 18.3 Å². The molecule has 0 aliphatic heterocycles. The molecule has 14 heavy (non-hydrogen) atoms. The monoisotopic (exact) mass is 196 g/mol. The van der Waals surface area contributed by atoms with E-state index in [-0.39, 0.29) is 5.91 Å². The number of carbonyl (C=O) groups excluding carboxylic acids is 1. The molecule has 4 heteroatoms. The Bertz CT molecular complexity index is 306. The van der Waals surface area contributed by atoms with Gasteiger partial charge in [0, 0.05) is 19.3 Å². The summed E-state index contributed by atoms with van der Waals surface area (Å²) in [5.74, 6) is -0.677. The molecule has 1 aromatic heterocycles. The van der Waals surface area contributed by atoms with E-state index >= 15 is 0 Å². The van der Waals surface area contributed by atoms with Crippen molar-refractivity contribution in [3.05, 3.63) is 29.8 Å². The lowest BCUT2D eigenvalue weighted by Crippen LogP contribution is -2.30. The van der Waals surface area contributed by atoms with Crippen molar-refractivity contribution in [2.75, 3.05) is 13.1 Å². The Hall–Kier alpha value is -1.45. The van der Waals surface area contributed by atoms with E-state index in [0.29, 0.717) is 18.7 Å². The third-order valence-corrected chi connectivity index (χ3v) is 2.02. The van der Waals surface area contributed by atoms with Crippen molar-refractivity contribution in [1.29, 1.82) is 0 Å². The van der Waals surface area contributed by atoms with Gasteiger partial charge in [0.25, 0.3) is 5.91 Å². The summed E-state index contributed by atoms with van der Waals surface area (Å²) in [7, 11) is 0. The van der Waals surface area contributed by atoms with E-state index in [1.54, 1.807) is 4.90 Å². The van der Waals surface area contributed by atoms with E-state index < -0.39 is 5.95 Å². The third kappa shape index (κ3) is 2.28. The van der Waals surface area contributed by atoms with Gasteiger partial charge in [0.05, 0.1) is 5.56 Å². The predicted octanol–water partition coefficient (Wildman–Crippen LogP) is 1.70. The van der Waals surface area contributed by atoms with Crippen molar-refractivity contribution in [1.82, 2.24) is 9.88 Å². The van der Waals surface area contributed by atoms with Crippen molar-refractivity contribution < 1.29 is 9.18 Å². The topological polar surface area (TPSA) is 33.2 Å². The molecule has 1 heterocycles. The minimum atomic E-state index is -0.568. The van der Waals surface area contributed by atoms with Crippen LogP contribution < -0.4 is 0 Å². The molecular weight excluding hydrogens is 183 g/mol. The second-order valence-corrected chi connectivity index (χ2v) is 2.85. The van der Waals surface area contributed by atoms with E-state index in [2.05, 4.69) is 4.98 Å². The SMILES string of the molecule is CCN(CC)C(=O)c1ccc(F)nc1. The van der Waals surface area contributed by atoms with Crippen LogP contribution in [0.15, 0.2) is 18.3 Å². The first-order chi connectivity index (χ1) is 6.69. The summed E-state index contributed by atoms with van der Waals surface area (Å²) >= 11 is 0. The summed E-state index contributed by atoms with van der Waals surface area (Å²) < 4.78 is 12.5. The maximum Gasteiger partial charge on any atom is 0.255 e. The van der Waals surface area contributed by atoms with Crippen LogP contribution in [0.25, 0.3) is 0 Å². The number of rotatable bonds is 3. The highest BCUT2D eigenvalue weighted by molar-refractivity contribution is 5.93. The quantitative estimate of drug-likeness (QED) is 0.689. The van der Waals surface area contributed by atoms with Crippen molar-refractivity contribution in [2.24, 2.45) is 0 Å². The van der Waals surface area contributed by atoms with Gasteiger partial charge in [0.1, 0.15) is 0 Å². The molecule has 0 fully saturated rings. The fraction of sp³-hybridized carbons (Fsp3) is 0.400. The molecule has 0 N–H and O–H groups in total. The zero-order valence-electron chi connectivity index (χ0n) is 8.33. The summed E-state index contributed by atoms with van der Waals surface area (Å²) in [6, 6.07) is 2.64. The molecular formula is C10H13FN2O. The van der Waals surface area contributed by atoms with Gasteiger partial charge in [-0.1, -0.05) is 0 Å². The number of amides is 1. The van der Waals surface area contributed by atoms with E-state index in [1.807, 2.05) is 13.8 Å². The minimum Gasteiger partial charge on any atom is -0.339 e. The van der Waals surface area contributed by atoms with Gasteiger partial charge in [-0.3, -0.25) is 4.79 Å². The molecule has 1 aromatic rings. The Kier molecular flexibility index (Phi) is 3.56. The standard InChI is InChI=1S/C10H13FN2O/c1-3-13(4-2)10(14)8-5-6-9(11)12-7-8/h5-7H,3-4H2,1-2H3. The Labute approximate surface area is 82.6 Å². The van der Waals surface area contributed by atoms with Crippen LogP contribution in [0.1, 0.15) is 24.2 Å². The van der Waals surface area contributed by atoms with Gasteiger partial charge in [-0.05, 0) is 26.0 Å². The second-order valence-electron chi connectivity index (χ2n) is 2.85. The van der Waals surface area contributed by atoms with Gasteiger partial charge in [-0.2, -0.15) is 4.39 Å². The summed E-state index contributed by atoms with van der Waals surface area (Å²) in [4.78, 5) is 16.8. The number of carbonyl (C=O) groups is 1. The number of hydrogen-bond acceptors (Lipinski definition) is 2. The molecule has 0 aliphatic rings. The number of halogens is 1. The van der Waals surface area contributed by atoms with E-state index in [0.717, 1.165) is 0 Å². The Morgan fingerprint density at radius 3 is 2.50 bits per heavy atom. The summed E-state index contributed by atoms with van der Waals surface area (Å²) in [5, 5.41) is 0. The molecule has 0 aliphatic carbocycles. The van der Waals surface area contributed by atoms with Gasteiger partial charge in [-0.15, -0.1) is 0 Å². The summed E-state index contributed by atoms with van der Waals surface area (Å²) in [6.45, 7) is 5.09. The van der Waals surface area contributed by atoms with Crippen molar-refractivity contribution in [3.8, 4) is 0 Å². The van der Waals surface area contributed by atoms with Crippen molar-refractivity contribution >= 4 is 5.91 Å². The molecule has 1 amide bonds. The van der Waals surface area contributed by atoms with Crippen LogP contribution >= 0.6 is 0 Å². The van der Waals surface area contributed by atoms with Gasteiger partial charge >= 0.3 is 0 Å². The number of hydrogen-bond donors (Lipinski definition) is 0. The molecule has 3 nitrogen and oxygen atoms in total. The average molecular weight is 196 g/mol. The largest absolute Gasteiger partial charge is 0.339 e. The lowest BCUT2D eigenvalue weighted by molar-refractivity contribution is 0.0772. The van der Waals surface area contributed by atoms with Gasteiger partial charge in [0.15, 0.2) is 0 Å². The zero-order valence-corrected chi connectivity index (χ0v) is 8.33. The molecule has 0 atom stereocenters. The smallest absolute Gasteiger partial charge is 0.255 e. The Morgan fingerprint density at radius 2 is 2.07 bits per heavy atom. The van der Waals surface area contributed by atoms with Crippen LogP contribution in [0, 0.1) is 5.95 Å². The van der Waals surface area contributed by atoms with Gasteiger partial charge in [-0.25, -0.2) is 4.98 Å². The molecule has 0 saturated carbocycles. The van der Waals surface area contributed by atoms with E-state index in [4.69, 9.17) is 0 Å². The van der Waals surface area contributed by atoms with Gasteiger partial charge in [0.2, 0.25) is 5.95 Å². The molecule has 76 valence electrons. The zero-order chi connectivity index (χ0) is 10.6. The summed E-state index contributed by atoms with van der Waals surface area (Å²) in [5.41, 5.74) is 0.426. The van der Waals surface area contributed by atoms with Crippen LogP contribution in [0.5, 0.6) is 0 Å². The first-order valence-electron chi connectivity index (χ1n) is 4.59. The van der Waals surface area contributed by atoms with E-state index in [9.17, 15) is 9.18 Å². The first kappa shape index (κ1) is 10.6. The molecule has 0 saturated heterocycles. The fourth-order valence-electron chi connectivity index (χ4n) is 1.20. The maximum absolute atomic E-state index is 12.5. The molecule has 0 spiro atoms. The molecule has 0 radical (unpaired) electrons. The van der Waals surface area contributed by atoms with Crippen LogP contribution in [-0.2, 0) is 0 Å². The van der Waals surface area contributed by atoms with Crippen LogP contribution in [0.3, 0.4) is 0 Å². The van der Waals surface area contributed by atoms with Crippen molar-refractivity contribution in [2.45, 2.75) is 13.8 Å². The van der Waals surface area contributed by atoms with Crippen molar-refractivity contribution in [3.63, 3.8) is 0 Å². The molecule has 1 rings (SSSR count). The highest BCUT2D eigenvalue weighted by atomic mass is 19.1. The maximum atomic E-state index is 12.5. The normalized spacial score (nSPS) is 9.93. The second kappa shape index (κ2) is 4.69. The van der Waals surface area contributed by atoms with Crippen LogP contribution in [-0.4, -0.2) is 28.9 Å². The van der Waals surface area contributed by atoms with Crippen LogP contribution in [0.4, 0.5) is 4.39 Å². The Morgan fingerprint density at radius 1 is 1.43 bits per heavy atom. The minimum absolute atomic E-state index is 0.109. The molecule has 0 bridgehead atoms. The summed E-state index contributed by atoms with van der Waals surface area (Å²) in [6.07, 6.45) is 1.26. The third-order valence-electron chi connectivity index (χ3n) is 2.02. The molecule has 0 aromatic carbocycles. The highest BCUT2D eigenvalue weighted by Crippen LogP contribution is 2.03. The fourth-order valence-corrected chi connectivity index (χ4v) is 1.20. The average Bonchev–Trinajstić information content (AvgIpc) is 2.20. The lowest BCUT2D eigenvalue weighted by atomic mass is 10.2. The predicted molar refractivity (Wildman–Crippen MR) is 51.4 cm³/mol. The number of aromatic nitrogens is 1. The highest BCUT2D eigenvalue weighted by Gasteiger charge is 2.12. The number of pyridine rings is 1. The first-order valence-corrected chi connectivity index (χ1v) is 4.59.